The number of hydrogen-bond donors (Lipinski definition) is 9. The molecule has 11 amide bonds. The van der Waals surface area contributed by atoms with Crippen molar-refractivity contribution in [3.8, 4) is 0 Å². The fourth-order valence-corrected chi connectivity index (χ4v) is 13.5. The minimum atomic E-state index is -4.59. The Morgan fingerprint density at radius 1 is 0.687 bits per heavy atom. The van der Waals surface area contributed by atoms with Crippen molar-refractivity contribution in [1.29, 1.82) is 0 Å². The van der Waals surface area contributed by atoms with Crippen molar-refractivity contribution in [3.05, 3.63) is 65.7 Å². The van der Waals surface area contributed by atoms with Crippen LogP contribution in [0, 0.1) is 35.5 Å². The number of primary amides is 1. The normalized spacial score (nSPS) is 18.9. The highest BCUT2D eigenvalue weighted by Gasteiger charge is 2.48. The molecule has 0 bridgehead atoms. The average Bonchev–Trinajstić information content (AvgIpc) is 1.76. The Balaban J connectivity index is 1.43. The van der Waals surface area contributed by atoms with Crippen LogP contribution in [-0.2, 0) is 65.6 Å². The fraction of sp³-hybridized carbons (Fsp3) is 0.690. The molecule has 10 N–H and O–H groups in total. The number of carbonyl (C=O) groups excluding carboxylic acids is 10. The van der Waals surface area contributed by atoms with E-state index in [2.05, 4.69) is 42.5 Å². The van der Waals surface area contributed by atoms with Gasteiger partial charge in [-0.15, -0.1) is 0 Å². The maximum atomic E-state index is 14.6. The summed E-state index contributed by atoms with van der Waals surface area (Å²) in [5.74, 6) is -6.59. The summed E-state index contributed by atoms with van der Waals surface area (Å²) in [6, 6.07) is 7.30. The number of likely N-dealkylation sites (N-methyl/N-ethyl adjacent to an activating group) is 2. The molecule has 0 aromatic heterocycles. The van der Waals surface area contributed by atoms with Gasteiger partial charge in [-0.05, 0) is 126 Å². The van der Waals surface area contributed by atoms with Crippen LogP contribution >= 0.6 is 0 Å². The quantitative estimate of drug-likeness (QED) is 0.0387. The zero-order chi connectivity index (χ0) is 74.0. The van der Waals surface area contributed by atoms with Gasteiger partial charge < -0.3 is 67.5 Å². The Hall–Kier alpha value is -7.43. The lowest BCUT2D eigenvalue weighted by molar-refractivity contribution is -0.196. The van der Waals surface area contributed by atoms with E-state index in [9.17, 15) is 61.1 Å². The van der Waals surface area contributed by atoms with Crippen LogP contribution in [0.15, 0.2) is 54.6 Å². The lowest BCUT2D eigenvalue weighted by Crippen LogP contribution is -2.59. The predicted octanol–water partition coefficient (Wildman–Crippen LogP) is 5.25. The van der Waals surface area contributed by atoms with Crippen LogP contribution < -0.4 is 48.3 Å². The number of nitrogens with one attached hydrogen (secondary N) is 8. The SMILES string of the molecule is CCNC(=O)C1CCN(CCCC(=O)N[C@H](C(=O)N[C@@H](CCCNC(N)=O)C(=O)Nc2ccc(CNC(=O)[C@H](Cc3ccccc3)NC(=O)[C@H](C)[C@@H](OC)[C@@H]3CCCN3C(=O)C[C@@H](OC)[C@H]([C@@H](C)CC)N(C)C(=O)[C@@H](NC(=O)[C@H](C(C)C)N(C)C)C(C)C)cc2)C(C)C)C(C(F)(F)F)C1. The molecule has 25 nitrogen and oxygen atoms in total. The summed E-state index contributed by atoms with van der Waals surface area (Å²) in [5, 5.41) is 22.2. The smallest absolute Gasteiger partial charge is 0.379 e. The zero-order valence-electron chi connectivity index (χ0n) is 60.9. The van der Waals surface area contributed by atoms with Gasteiger partial charge in [-0.1, -0.05) is 111 Å². The molecule has 556 valence electrons. The molecule has 0 saturated carbocycles. The van der Waals surface area contributed by atoms with E-state index in [1.165, 1.54) is 19.1 Å². The highest BCUT2D eigenvalue weighted by molar-refractivity contribution is 5.98. The Labute approximate surface area is 583 Å². The summed E-state index contributed by atoms with van der Waals surface area (Å²) >= 11 is 0. The van der Waals surface area contributed by atoms with E-state index >= 15 is 0 Å². The number of piperidine rings is 1. The summed E-state index contributed by atoms with van der Waals surface area (Å²) in [4.78, 5) is 143. The number of carbonyl (C=O) groups is 10. The number of rotatable bonds is 39. The zero-order valence-corrected chi connectivity index (χ0v) is 60.9. The third-order valence-corrected chi connectivity index (χ3v) is 19.1. The van der Waals surface area contributed by atoms with E-state index in [1.807, 2.05) is 90.9 Å². The minimum Gasteiger partial charge on any atom is -0.379 e. The maximum absolute atomic E-state index is 14.6. The van der Waals surface area contributed by atoms with Crippen molar-refractivity contribution in [3.63, 3.8) is 0 Å². The molecule has 4 rings (SSSR count). The topological polar surface area (TPSA) is 324 Å². The predicted molar refractivity (Wildman–Crippen MR) is 372 cm³/mol. The molecule has 0 spiro atoms. The Kier molecular flexibility index (Phi) is 34.6. The molecule has 99 heavy (non-hydrogen) atoms. The number of nitrogens with zero attached hydrogens (tertiary/aromatic N) is 4. The van der Waals surface area contributed by atoms with E-state index in [0.29, 0.717) is 43.6 Å². The number of likely N-dealkylation sites (tertiary alicyclic amines) is 2. The monoisotopic (exact) mass is 1400 g/mol. The van der Waals surface area contributed by atoms with Gasteiger partial charge in [-0.25, -0.2) is 4.79 Å². The van der Waals surface area contributed by atoms with Crippen molar-refractivity contribution in [2.24, 2.45) is 41.2 Å². The van der Waals surface area contributed by atoms with Gasteiger partial charge in [0.2, 0.25) is 53.2 Å². The third-order valence-electron chi connectivity index (χ3n) is 19.1. The van der Waals surface area contributed by atoms with Crippen molar-refractivity contribution in [1.82, 2.24) is 56.8 Å². The minimum absolute atomic E-state index is 0.0120. The number of hydrogen-bond acceptors (Lipinski definition) is 14. The van der Waals surface area contributed by atoms with Crippen LogP contribution in [0.2, 0.25) is 0 Å². The number of halogens is 3. The second-order valence-electron chi connectivity index (χ2n) is 27.7. The van der Waals surface area contributed by atoms with Crippen LogP contribution in [0.1, 0.15) is 145 Å². The number of methoxy groups -OCH3 is 2. The van der Waals surface area contributed by atoms with E-state index in [-0.39, 0.29) is 107 Å². The van der Waals surface area contributed by atoms with Gasteiger partial charge in [-0.2, -0.15) is 13.2 Å². The molecule has 0 radical (unpaired) electrons. The standard InChI is InChI=1S/C71H114F3N13O12/c1-16-45(9)61(85(13)69(96)59(43(5)6)83-68(95)60(44(7)8)84(11)12)54(98-14)40-57(89)87-36-22-27-53(87)62(99-15)46(10)63(90)81-52(38-47-24-19-18-20-25-47)65(92)78-41-48-29-31-50(32-30-48)79-66(93)51(26-21-34-77-70(75)97)80-67(94)58(42(3)4)82-56(88)28-23-35-86-37-33-49(64(91)76-17-2)39-55(86)71(72,73)74/h18-20,24-25,29-32,42-46,49,51-55,58-62H,16-17,21-23,26-28,33-41H2,1-15H3,(H,76,91)(H,78,92)(H,79,93)(H,80,94)(H,81,90)(H,82,88)(H,83,95)(H3,75,77,97)/t45-,46+,49?,51-,52-,53-,54+,55?,58-,59-,60-,61-,62+/m0/s1. The average molecular weight is 1400 g/mol. The van der Waals surface area contributed by atoms with E-state index < -0.39 is 132 Å². The van der Waals surface area contributed by atoms with Crippen LogP contribution in [-0.4, -0.2) is 214 Å². The maximum Gasteiger partial charge on any atom is 0.404 e. The number of benzene rings is 2. The van der Waals surface area contributed by atoms with Gasteiger partial charge >= 0.3 is 12.2 Å². The van der Waals surface area contributed by atoms with E-state index in [4.69, 9.17) is 15.2 Å². The number of anilines is 1. The van der Waals surface area contributed by atoms with Crippen LogP contribution in [0.5, 0.6) is 0 Å². The molecular weight excluding hydrogens is 1280 g/mol. The van der Waals surface area contributed by atoms with E-state index in [1.54, 1.807) is 68.8 Å². The fourth-order valence-electron chi connectivity index (χ4n) is 13.5. The summed E-state index contributed by atoms with van der Waals surface area (Å²) in [6.07, 6.45) is -4.30. The highest BCUT2D eigenvalue weighted by Crippen LogP contribution is 2.35. The van der Waals surface area contributed by atoms with Gasteiger partial charge in [0.25, 0.3) is 0 Å². The molecule has 13 atom stereocenters. The Morgan fingerprint density at radius 3 is 1.90 bits per heavy atom. The molecule has 2 aliphatic rings. The molecular formula is C71H114F3N13O12. The molecule has 2 aromatic carbocycles. The molecule has 2 aromatic rings. The first-order valence-electron chi connectivity index (χ1n) is 35.0. The van der Waals surface area contributed by atoms with Gasteiger partial charge in [0.1, 0.15) is 30.2 Å². The largest absolute Gasteiger partial charge is 0.404 e. The molecule has 28 heteroatoms. The first kappa shape index (κ1) is 84.0. The summed E-state index contributed by atoms with van der Waals surface area (Å²) in [7, 11) is 8.35. The van der Waals surface area contributed by atoms with Crippen molar-refractivity contribution < 1.29 is 70.6 Å². The highest BCUT2D eigenvalue weighted by atomic mass is 19.4. The van der Waals surface area contributed by atoms with Gasteiger partial charge in [0.05, 0.1) is 42.7 Å². The number of nitrogens with two attached hydrogens (primary N) is 1. The third kappa shape index (κ3) is 25.6. The van der Waals surface area contributed by atoms with Crippen LogP contribution in [0.4, 0.5) is 23.7 Å². The van der Waals surface area contributed by atoms with E-state index in [0.717, 1.165) is 5.56 Å². The van der Waals surface area contributed by atoms with Crippen molar-refractivity contribution in [2.45, 2.75) is 213 Å². The molecule has 2 aliphatic heterocycles. The Morgan fingerprint density at radius 2 is 1.33 bits per heavy atom. The molecule has 2 saturated heterocycles. The lowest BCUT2D eigenvalue weighted by atomic mass is 9.89. The lowest BCUT2D eigenvalue weighted by Gasteiger charge is -2.41. The number of alkyl halides is 3. The Bertz CT molecular complexity index is 2940. The van der Waals surface area contributed by atoms with Crippen molar-refractivity contribution >= 4 is 64.9 Å². The second kappa shape index (κ2) is 40.7. The summed E-state index contributed by atoms with van der Waals surface area (Å²) in [5.41, 5.74) is 6.98. The molecule has 2 heterocycles. The first-order valence-corrected chi connectivity index (χ1v) is 35.0. The first-order chi connectivity index (χ1) is 46.7. The summed E-state index contributed by atoms with van der Waals surface area (Å²) in [6.45, 7) is 19.2. The summed E-state index contributed by atoms with van der Waals surface area (Å²) < 4.78 is 54.7. The number of urea groups is 1. The van der Waals surface area contributed by atoms with Gasteiger partial charge in [0, 0.05) is 71.9 Å². The van der Waals surface area contributed by atoms with Gasteiger partial charge in [0.15, 0.2) is 0 Å². The molecule has 2 unspecified atom stereocenters. The molecule has 2 fully saturated rings. The number of ether oxygens (including phenoxy) is 2. The molecule has 0 aliphatic carbocycles. The van der Waals surface area contributed by atoms with Crippen LogP contribution in [0.25, 0.3) is 0 Å². The van der Waals surface area contributed by atoms with Crippen LogP contribution in [0.3, 0.4) is 0 Å². The van der Waals surface area contributed by atoms with Gasteiger partial charge in [-0.3, -0.25) is 53.0 Å². The van der Waals surface area contributed by atoms with Crippen molar-refractivity contribution in [2.75, 3.05) is 73.4 Å². The second-order valence-corrected chi connectivity index (χ2v) is 27.7. The number of amides is 11.